The third kappa shape index (κ3) is 2.69. The molecule has 1 aliphatic rings. The first-order chi connectivity index (χ1) is 6.24. The van der Waals surface area contributed by atoms with E-state index in [-0.39, 0.29) is 18.2 Å². The summed E-state index contributed by atoms with van der Waals surface area (Å²) < 4.78 is 12.6. The maximum Gasteiger partial charge on any atom is 0.123 e. The summed E-state index contributed by atoms with van der Waals surface area (Å²) in [6, 6.07) is 7.17. The molecule has 3 heteroatoms. The summed E-state index contributed by atoms with van der Waals surface area (Å²) in [5, 5.41) is 0. The molecule has 1 fully saturated rings. The van der Waals surface area contributed by atoms with Gasteiger partial charge in [0, 0.05) is 6.04 Å². The van der Waals surface area contributed by atoms with E-state index in [0.29, 0.717) is 6.04 Å². The van der Waals surface area contributed by atoms with Crippen LogP contribution in [0, 0.1) is 11.7 Å². The van der Waals surface area contributed by atoms with Crippen LogP contribution in [0.5, 0.6) is 0 Å². The van der Waals surface area contributed by atoms with Crippen LogP contribution >= 0.6 is 12.4 Å². The molecular formula is C11H15ClFN. The van der Waals surface area contributed by atoms with Crippen LogP contribution in [0.15, 0.2) is 24.3 Å². The second-order valence-corrected chi connectivity index (χ2v) is 3.93. The molecule has 78 valence electrons. The van der Waals surface area contributed by atoms with Crippen LogP contribution in [0.25, 0.3) is 0 Å². The van der Waals surface area contributed by atoms with Gasteiger partial charge < -0.3 is 5.73 Å². The third-order valence-electron chi connectivity index (χ3n) is 2.71. The summed E-state index contributed by atoms with van der Waals surface area (Å²) in [5.74, 6) is 0.564. The van der Waals surface area contributed by atoms with E-state index in [4.69, 9.17) is 5.73 Å². The number of benzene rings is 1. The fourth-order valence-corrected chi connectivity index (χ4v) is 1.91. The van der Waals surface area contributed by atoms with Crippen LogP contribution in [0.3, 0.4) is 0 Å². The zero-order valence-corrected chi connectivity index (χ0v) is 8.77. The normalized spacial score (nSPS) is 25.0. The Balaban J connectivity index is 0.000000980. The van der Waals surface area contributed by atoms with Gasteiger partial charge in [-0.15, -0.1) is 12.4 Å². The molecule has 0 amide bonds. The van der Waals surface area contributed by atoms with E-state index in [2.05, 4.69) is 0 Å². The summed E-state index contributed by atoms with van der Waals surface area (Å²) >= 11 is 0. The van der Waals surface area contributed by atoms with Crippen molar-refractivity contribution in [3.8, 4) is 0 Å². The number of nitrogens with two attached hydrogens (primary N) is 1. The summed E-state index contributed by atoms with van der Waals surface area (Å²) in [7, 11) is 0. The SMILES string of the molecule is Cl.NC1CC(Cc2ccc(F)cc2)C1. The van der Waals surface area contributed by atoms with Gasteiger partial charge in [0.25, 0.3) is 0 Å². The topological polar surface area (TPSA) is 26.0 Å². The van der Waals surface area contributed by atoms with Crippen molar-refractivity contribution >= 4 is 12.4 Å². The lowest BCUT2D eigenvalue weighted by Gasteiger charge is -2.32. The molecular weight excluding hydrogens is 201 g/mol. The van der Waals surface area contributed by atoms with E-state index < -0.39 is 0 Å². The van der Waals surface area contributed by atoms with Crippen molar-refractivity contribution in [3.05, 3.63) is 35.6 Å². The molecule has 0 spiro atoms. The zero-order chi connectivity index (χ0) is 9.26. The van der Waals surface area contributed by atoms with Gasteiger partial charge in [0.15, 0.2) is 0 Å². The first-order valence-electron chi connectivity index (χ1n) is 4.74. The molecule has 0 radical (unpaired) electrons. The van der Waals surface area contributed by atoms with Gasteiger partial charge in [-0.05, 0) is 42.9 Å². The highest BCUT2D eigenvalue weighted by molar-refractivity contribution is 5.85. The molecule has 2 N–H and O–H groups in total. The Labute approximate surface area is 89.9 Å². The van der Waals surface area contributed by atoms with Crippen molar-refractivity contribution < 1.29 is 4.39 Å². The average Bonchev–Trinajstić information content (AvgIpc) is 2.06. The first-order valence-corrected chi connectivity index (χ1v) is 4.74. The van der Waals surface area contributed by atoms with E-state index in [0.717, 1.165) is 25.2 Å². The van der Waals surface area contributed by atoms with Gasteiger partial charge in [0.05, 0.1) is 0 Å². The lowest BCUT2D eigenvalue weighted by atomic mass is 9.77. The molecule has 0 heterocycles. The highest BCUT2D eigenvalue weighted by Crippen LogP contribution is 2.28. The molecule has 0 unspecified atom stereocenters. The largest absolute Gasteiger partial charge is 0.328 e. The smallest absolute Gasteiger partial charge is 0.123 e. The van der Waals surface area contributed by atoms with Crippen molar-refractivity contribution in [2.75, 3.05) is 0 Å². The van der Waals surface area contributed by atoms with Crippen molar-refractivity contribution in [2.45, 2.75) is 25.3 Å². The molecule has 1 aliphatic carbocycles. The maximum absolute atomic E-state index is 12.6. The number of halogens is 2. The second kappa shape index (κ2) is 4.76. The minimum atomic E-state index is -0.158. The van der Waals surface area contributed by atoms with E-state index in [1.807, 2.05) is 12.1 Å². The maximum atomic E-state index is 12.6. The Morgan fingerprint density at radius 2 is 1.79 bits per heavy atom. The van der Waals surface area contributed by atoms with Crippen molar-refractivity contribution in [2.24, 2.45) is 11.7 Å². The van der Waals surface area contributed by atoms with Gasteiger partial charge in [-0.1, -0.05) is 12.1 Å². The minimum Gasteiger partial charge on any atom is -0.328 e. The molecule has 0 bridgehead atoms. The molecule has 1 aromatic carbocycles. The summed E-state index contributed by atoms with van der Waals surface area (Å²) in [6.07, 6.45) is 3.29. The zero-order valence-electron chi connectivity index (χ0n) is 7.95. The van der Waals surface area contributed by atoms with Crippen LogP contribution in [0.1, 0.15) is 18.4 Å². The Kier molecular flexibility index (Phi) is 3.90. The quantitative estimate of drug-likeness (QED) is 0.806. The van der Waals surface area contributed by atoms with Crippen molar-refractivity contribution in [3.63, 3.8) is 0 Å². The van der Waals surface area contributed by atoms with Gasteiger partial charge in [0.1, 0.15) is 5.82 Å². The van der Waals surface area contributed by atoms with Crippen LogP contribution in [-0.4, -0.2) is 6.04 Å². The summed E-state index contributed by atoms with van der Waals surface area (Å²) in [4.78, 5) is 0. The number of hydrogen-bond donors (Lipinski definition) is 1. The molecule has 0 saturated heterocycles. The van der Waals surface area contributed by atoms with Crippen LogP contribution in [-0.2, 0) is 6.42 Å². The lowest BCUT2D eigenvalue weighted by Crippen LogP contribution is -2.37. The molecule has 1 nitrogen and oxygen atoms in total. The van der Waals surface area contributed by atoms with E-state index in [9.17, 15) is 4.39 Å². The van der Waals surface area contributed by atoms with Gasteiger partial charge in [-0.25, -0.2) is 4.39 Å². The monoisotopic (exact) mass is 215 g/mol. The standard InChI is InChI=1S/C11H14FN.ClH/c12-10-3-1-8(2-4-10)5-9-6-11(13)7-9;/h1-4,9,11H,5-7,13H2;1H. The first kappa shape index (κ1) is 11.5. The molecule has 14 heavy (non-hydrogen) atoms. The molecule has 0 atom stereocenters. The molecule has 0 aliphatic heterocycles. The minimum absolute atomic E-state index is 0. The van der Waals surface area contributed by atoms with E-state index >= 15 is 0 Å². The van der Waals surface area contributed by atoms with E-state index in [1.54, 1.807) is 0 Å². The van der Waals surface area contributed by atoms with Crippen LogP contribution in [0.4, 0.5) is 4.39 Å². The number of hydrogen-bond acceptors (Lipinski definition) is 1. The predicted molar refractivity (Wildman–Crippen MR) is 58.1 cm³/mol. The Bertz CT molecular complexity index is 280. The van der Waals surface area contributed by atoms with Crippen LogP contribution < -0.4 is 5.73 Å². The van der Waals surface area contributed by atoms with Crippen LogP contribution in [0.2, 0.25) is 0 Å². The average molecular weight is 216 g/mol. The number of rotatable bonds is 2. The Hall–Kier alpha value is -0.600. The van der Waals surface area contributed by atoms with Gasteiger partial charge >= 0.3 is 0 Å². The summed E-state index contributed by atoms with van der Waals surface area (Å²) in [5.41, 5.74) is 6.91. The van der Waals surface area contributed by atoms with Gasteiger partial charge in [-0.3, -0.25) is 0 Å². The molecule has 1 aromatic rings. The van der Waals surface area contributed by atoms with Crippen molar-refractivity contribution in [1.82, 2.24) is 0 Å². The highest BCUT2D eigenvalue weighted by Gasteiger charge is 2.25. The Morgan fingerprint density at radius 3 is 2.29 bits per heavy atom. The summed E-state index contributed by atoms with van der Waals surface area (Å²) in [6.45, 7) is 0. The van der Waals surface area contributed by atoms with Gasteiger partial charge in [-0.2, -0.15) is 0 Å². The molecule has 1 saturated carbocycles. The third-order valence-corrected chi connectivity index (χ3v) is 2.71. The van der Waals surface area contributed by atoms with Crippen molar-refractivity contribution in [1.29, 1.82) is 0 Å². The van der Waals surface area contributed by atoms with E-state index in [1.165, 1.54) is 17.7 Å². The van der Waals surface area contributed by atoms with Gasteiger partial charge in [0.2, 0.25) is 0 Å². The molecule has 2 rings (SSSR count). The fourth-order valence-electron chi connectivity index (χ4n) is 1.91. The Morgan fingerprint density at radius 1 is 1.21 bits per heavy atom. The lowest BCUT2D eigenvalue weighted by molar-refractivity contribution is 0.264. The fraction of sp³-hybridized carbons (Fsp3) is 0.455. The highest BCUT2D eigenvalue weighted by atomic mass is 35.5. The predicted octanol–water partition coefficient (Wildman–Crippen LogP) is 2.53. The molecule has 0 aromatic heterocycles. The second-order valence-electron chi connectivity index (χ2n) is 3.93.